The average Bonchev–Trinajstić information content (AvgIpc) is 2.35. The van der Waals surface area contributed by atoms with Gasteiger partial charge in [-0.15, -0.1) is 0 Å². The van der Waals surface area contributed by atoms with Crippen LogP contribution in [0.25, 0.3) is 0 Å². The second-order valence-electron chi connectivity index (χ2n) is 5.78. The molecule has 0 saturated carbocycles. The summed E-state index contributed by atoms with van der Waals surface area (Å²) < 4.78 is 5.75. The minimum atomic E-state index is 0.769. The molecule has 0 fully saturated rings. The van der Waals surface area contributed by atoms with Crippen molar-refractivity contribution >= 4 is 0 Å². The molecule has 2 nitrogen and oxygen atoms in total. The number of nitrogens with one attached hydrogen (secondary N) is 1. The zero-order valence-corrected chi connectivity index (χ0v) is 13.1. The monoisotopic (exact) mass is 257 g/mol. The maximum atomic E-state index is 5.75. The van der Waals surface area contributed by atoms with Crippen molar-refractivity contribution in [1.82, 2.24) is 5.32 Å². The van der Waals surface area contributed by atoms with Crippen molar-refractivity contribution < 1.29 is 4.74 Å². The number of hydrogen-bond acceptors (Lipinski definition) is 2. The van der Waals surface area contributed by atoms with Crippen molar-refractivity contribution in [2.24, 2.45) is 11.8 Å². The molecule has 0 spiro atoms. The lowest BCUT2D eigenvalue weighted by Gasteiger charge is -2.14. The van der Waals surface area contributed by atoms with Crippen molar-refractivity contribution in [3.8, 4) is 0 Å². The lowest BCUT2D eigenvalue weighted by Crippen LogP contribution is -2.22. The third-order valence-electron chi connectivity index (χ3n) is 3.46. The highest BCUT2D eigenvalue weighted by Gasteiger charge is 2.05. The molecule has 1 N–H and O–H groups in total. The minimum Gasteiger partial charge on any atom is -0.380 e. The second-order valence-corrected chi connectivity index (χ2v) is 5.78. The molecular weight excluding hydrogens is 222 g/mol. The van der Waals surface area contributed by atoms with Gasteiger partial charge in [-0.1, -0.05) is 47.0 Å². The van der Waals surface area contributed by atoms with Crippen molar-refractivity contribution in [2.45, 2.75) is 66.2 Å². The molecule has 18 heavy (non-hydrogen) atoms. The number of unbranched alkanes of at least 4 members (excludes halogenated alkanes) is 1. The van der Waals surface area contributed by atoms with Crippen LogP contribution >= 0.6 is 0 Å². The van der Waals surface area contributed by atoms with Crippen LogP contribution in [-0.4, -0.2) is 26.3 Å². The predicted molar refractivity (Wildman–Crippen MR) is 81.1 cm³/mol. The number of ether oxygens (including phenoxy) is 1. The third kappa shape index (κ3) is 12.4. The molecule has 0 bridgehead atoms. The van der Waals surface area contributed by atoms with Crippen LogP contribution in [0.4, 0.5) is 0 Å². The van der Waals surface area contributed by atoms with Crippen LogP contribution in [0.15, 0.2) is 0 Å². The number of hydrogen-bond donors (Lipinski definition) is 1. The molecule has 0 rings (SSSR count). The van der Waals surface area contributed by atoms with E-state index in [1.807, 2.05) is 0 Å². The Bertz CT molecular complexity index is 159. The van der Waals surface area contributed by atoms with E-state index in [1.165, 1.54) is 38.5 Å². The van der Waals surface area contributed by atoms with Crippen molar-refractivity contribution in [3.63, 3.8) is 0 Å². The first-order chi connectivity index (χ1) is 8.70. The summed E-state index contributed by atoms with van der Waals surface area (Å²) in [5.74, 6) is 1.60. The zero-order valence-electron chi connectivity index (χ0n) is 13.1. The van der Waals surface area contributed by atoms with E-state index in [0.717, 1.165) is 38.1 Å². The van der Waals surface area contributed by atoms with Gasteiger partial charge in [-0.25, -0.2) is 0 Å². The van der Waals surface area contributed by atoms with E-state index >= 15 is 0 Å². The highest BCUT2D eigenvalue weighted by molar-refractivity contribution is 4.56. The topological polar surface area (TPSA) is 21.3 Å². The van der Waals surface area contributed by atoms with Crippen molar-refractivity contribution in [2.75, 3.05) is 26.3 Å². The van der Waals surface area contributed by atoms with E-state index in [0.29, 0.717) is 0 Å². The van der Waals surface area contributed by atoms with E-state index in [-0.39, 0.29) is 0 Å². The Morgan fingerprint density at radius 1 is 1.00 bits per heavy atom. The van der Waals surface area contributed by atoms with Crippen molar-refractivity contribution in [3.05, 3.63) is 0 Å². The summed E-state index contributed by atoms with van der Waals surface area (Å²) in [6.45, 7) is 13.0. The summed E-state index contributed by atoms with van der Waals surface area (Å²) in [5.41, 5.74) is 0. The van der Waals surface area contributed by atoms with Gasteiger partial charge < -0.3 is 10.1 Å². The van der Waals surface area contributed by atoms with Crippen LogP contribution in [0.3, 0.4) is 0 Å². The predicted octanol–water partition coefficient (Wildman–Crippen LogP) is 4.25. The first kappa shape index (κ1) is 17.9. The van der Waals surface area contributed by atoms with Gasteiger partial charge in [-0.05, 0) is 37.6 Å². The third-order valence-corrected chi connectivity index (χ3v) is 3.46. The molecule has 0 aliphatic carbocycles. The maximum Gasteiger partial charge on any atom is 0.0591 e. The fourth-order valence-corrected chi connectivity index (χ4v) is 2.05. The standard InChI is InChI=1S/C16H35NO/c1-5-7-10-16(6-2)14-18-13-12-17-11-8-9-15(3)4/h15-17H,5-14H2,1-4H3. The summed E-state index contributed by atoms with van der Waals surface area (Å²) in [7, 11) is 0. The lowest BCUT2D eigenvalue weighted by molar-refractivity contribution is 0.0957. The Kier molecular flexibility index (Phi) is 13.3. The van der Waals surface area contributed by atoms with Gasteiger partial charge in [0.2, 0.25) is 0 Å². The van der Waals surface area contributed by atoms with Gasteiger partial charge in [-0.3, -0.25) is 0 Å². The molecule has 0 aliphatic rings. The maximum absolute atomic E-state index is 5.75. The van der Waals surface area contributed by atoms with E-state index < -0.39 is 0 Å². The molecule has 0 aromatic carbocycles. The van der Waals surface area contributed by atoms with Gasteiger partial charge in [0.25, 0.3) is 0 Å². The van der Waals surface area contributed by atoms with Gasteiger partial charge in [0.05, 0.1) is 6.61 Å². The summed E-state index contributed by atoms with van der Waals surface area (Å²) in [5, 5.41) is 3.45. The van der Waals surface area contributed by atoms with E-state index in [2.05, 4.69) is 33.0 Å². The lowest BCUT2D eigenvalue weighted by atomic mass is 10.0. The molecular formula is C16H35NO. The van der Waals surface area contributed by atoms with Crippen LogP contribution in [0.5, 0.6) is 0 Å². The Labute approximate surface area is 115 Å². The van der Waals surface area contributed by atoms with E-state index in [1.54, 1.807) is 0 Å². The molecule has 0 aromatic rings. The fraction of sp³-hybridized carbons (Fsp3) is 1.00. The zero-order chi connectivity index (χ0) is 13.6. The average molecular weight is 257 g/mol. The molecule has 110 valence electrons. The Balaban J connectivity index is 3.22. The Hall–Kier alpha value is -0.0800. The Morgan fingerprint density at radius 2 is 1.78 bits per heavy atom. The van der Waals surface area contributed by atoms with Gasteiger partial charge in [0.15, 0.2) is 0 Å². The molecule has 2 heteroatoms. The van der Waals surface area contributed by atoms with Gasteiger partial charge in [0.1, 0.15) is 0 Å². The molecule has 0 radical (unpaired) electrons. The molecule has 0 saturated heterocycles. The molecule has 0 amide bonds. The minimum absolute atomic E-state index is 0.769. The second kappa shape index (κ2) is 13.4. The molecule has 1 atom stereocenters. The largest absolute Gasteiger partial charge is 0.380 e. The quantitative estimate of drug-likeness (QED) is 0.498. The van der Waals surface area contributed by atoms with Gasteiger partial charge >= 0.3 is 0 Å². The molecule has 1 unspecified atom stereocenters. The number of rotatable bonds is 13. The smallest absolute Gasteiger partial charge is 0.0591 e. The summed E-state index contributed by atoms with van der Waals surface area (Å²) >= 11 is 0. The van der Waals surface area contributed by atoms with E-state index in [4.69, 9.17) is 4.74 Å². The molecule has 0 aliphatic heterocycles. The van der Waals surface area contributed by atoms with Crippen LogP contribution < -0.4 is 5.32 Å². The van der Waals surface area contributed by atoms with Crippen molar-refractivity contribution in [1.29, 1.82) is 0 Å². The van der Waals surface area contributed by atoms with Gasteiger partial charge in [-0.2, -0.15) is 0 Å². The summed E-state index contributed by atoms with van der Waals surface area (Å²) in [6.07, 6.45) is 7.83. The summed E-state index contributed by atoms with van der Waals surface area (Å²) in [6, 6.07) is 0. The highest BCUT2D eigenvalue weighted by atomic mass is 16.5. The highest BCUT2D eigenvalue weighted by Crippen LogP contribution is 2.12. The van der Waals surface area contributed by atoms with Crippen LogP contribution in [0, 0.1) is 11.8 Å². The first-order valence-corrected chi connectivity index (χ1v) is 7.99. The van der Waals surface area contributed by atoms with Crippen LogP contribution in [0.2, 0.25) is 0 Å². The molecule has 0 heterocycles. The normalized spacial score (nSPS) is 13.2. The summed E-state index contributed by atoms with van der Waals surface area (Å²) in [4.78, 5) is 0. The molecule has 0 aromatic heterocycles. The van der Waals surface area contributed by atoms with Crippen LogP contribution in [0.1, 0.15) is 66.2 Å². The van der Waals surface area contributed by atoms with Gasteiger partial charge in [0, 0.05) is 13.2 Å². The fourth-order valence-electron chi connectivity index (χ4n) is 2.05. The SMILES string of the molecule is CCCCC(CC)COCCNCCCC(C)C. The Morgan fingerprint density at radius 3 is 2.39 bits per heavy atom. The first-order valence-electron chi connectivity index (χ1n) is 7.99. The van der Waals surface area contributed by atoms with Crippen LogP contribution in [-0.2, 0) is 4.74 Å². The van der Waals surface area contributed by atoms with E-state index in [9.17, 15) is 0 Å².